The molecule has 0 rings (SSSR count). The van der Waals surface area contributed by atoms with E-state index in [1.165, 1.54) is 75.7 Å². The van der Waals surface area contributed by atoms with Crippen molar-refractivity contribution in [3.05, 3.63) is 0 Å². The van der Waals surface area contributed by atoms with Gasteiger partial charge in [-0.05, 0) is 36.2 Å². The Bertz CT molecular complexity index is 145. The van der Waals surface area contributed by atoms with Gasteiger partial charge in [-0.3, -0.25) is 0 Å². The summed E-state index contributed by atoms with van der Waals surface area (Å²) in [6, 6.07) is 0. The molecule has 0 spiro atoms. The summed E-state index contributed by atoms with van der Waals surface area (Å²) in [5.74, 6) is 4.58. The van der Waals surface area contributed by atoms with Gasteiger partial charge in [0.1, 0.15) is 0 Å². The van der Waals surface area contributed by atoms with Crippen molar-refractivity contribution in [3.63, 3.8) is 0 Å². The molecule has 116 valence electrons. The maximum atomic E-state index is 2.33. The van der Waals surface area contributed by atoms with Crippen LogP contribution in [0.1, 0.15) is 91.9 Å². The SMILES string of the molecule is CC(C)CCCCCCSCCCCCCC(C)C. The van der Waals surface area contributed by atoms with Crippen molar-refractivity contribution in [1.82, 2.24) is 0 Å². The zero-order valence-corrected chi connectivity index (χ0v) is 14.9. The highest BCUT2D eigenvalue weighted by Crippen LogP contribution is 2.14. The van der Waals surface area contributed by atoms with Crippen LogP contribution in [0.3, 0.4) is 0 Å². The Morgan fingerprint density at radius 3 is 1.26 bits per heavy atom. The van der Waals surface area contributed by atoms with Crippen molar-refractivity contribution in [1.29, 1.82) is 0 Å². The van der Waals surface area contributed by atoms with E-state index in [4.69, 9.17) is 0 Å². The van der Waals surface area contributed by atoms with Crippen LogP contribution in [0, 0.1) is 11.8 Å². The molecule has 0 aliphatic rings. The molecule has 1 heteroatoms. The monoisotopic (exact) mass is 286 g/mol. The number of unbranched alkanes of at least 4 members (excludes halogenated alkanes) is 6. The minimum atomic E-state index is 0.894. The first kappa shape index (κ1) is 19.4. The average molecular weight is 287 g/mol. The fraction of sp³-hybridized carbons (Fsp3) is 1.00. The lowest BCUT2D eigenvalue weighted by Gasteiger charge is -2.05. The Labute approximate surface area is 127 Å². The normalized spacial score (nSPS) is 11.7. The molecule has 0 aliphatic heterocycles. The first-order valence-corrected chi connectivity index (χ1v) is 9.86. The van der Waals surface area contributed by atoms with Crippen molar-refractivity contribution < 1.29 is 0 Å². The molecule has 0 aromatic carbocycles. The summed E-state index contributed by atoms with van der Waals surface area (Å²) in [6.45, 7) is 9.32. The van der Waals surface area contributed by atoms with E-state index >= 15 is 0 Å². The molecule has 0 aromatic rings. The third-order valence-electron chi connectivity index (χ3n) is 3.64. The molecule has 0 bridgehead atoms. The van der Waals surface area contributed by atoms with Gasteiger partial charge in [0.15, 0.2) is 0 Å². The Morgan fingerprint density at radius 2 is 0.895 bits per heavy atom. The highest BCUT2D eigenvalue weighted by Gasteiger charge is 1.96. The van der Waals surface area contributed by atoms with Crippen molar-refractivity contribution in [2.45, 2.75) is 91.9 Å². The van der Waals surface area contributed by atoms with Gasteiger partial charge in [0.2, 0.25) is 0 Å². The van der Waals surface area contributed by atoms with Gasteiger partial charge in [-0.15, -0.1) is 0 Å². The highest BCUT2D eigenvalue weighted by atomic mass is 32.2. The van der Waals surface area contributed by atoms with Gasteiger partial charge in [-0.1, -0.05) is 79.1 Å². The maximum absolute atomic E-state index is 2.33. The average Bonchev–Trinajstić information content (AvgIpc) is 2.34. The van der Waals surface area contributed by atoms with Gasteiger partial charge >= 0.3 is 0 Å². The van der Waals surface area contributed by atoms with Crippen molar-refractivity contribution in [3.8, 4) is 0 Å². The van der Waals surface area contributed by atoms with E-state index in [0.717, 1.165) is 11.8 Å². The Kier molecular flexibility index (Phi) is 15.0. The zero-order chi connectivity index (χ0) is 14.3. The topological polar surface area (TPSA) is 0 Å². The van der Waals surface area contributed by atoms with Gasteiger partial charge in [0, 0.05) is 0 Å². The molecule has 19 heavy (non-hydrogen) atoms. The van der Waals surface area contributed by atoms with E-state index in [1.54, 1.807) is 0 Å². The van der Waals surface area contributed by atoms with Crippen LogP contribution in [0.5, 0.6) is 0 Å². The lowest BCUT2D eigenvalue weighted by molar-refractivity contribution is 0.524. The second kappa shape index (κ2) is 14.8. The predicted molar refractivity (Wildman–Crippen MR) is 93.2 cm³/mol. The van der Waals surface area contributed by atoms with Gasteiger partial charge in [0.05, 0.1) is 0 Å². The molecule has 0 unspecified atom stereocenters. The zero-order valence-electron chi connectivity index (χ0n) is 14.0. The summed E-state index contributed by atoms with van der Waals surface area (Å²) >= 11 is 2.18. The number of hydrogen-bond donors (Lipinski definition) is 0. The second-order valence-electron chi connectivity index (χ2n) is 6.81. The molecule has 0 nitrogen and oxygen atoms in total. The first-order chi connectivity index (χ1) is 9.13. The molecule has 0 saturated carbocycles. The summed E-state index contributed by atoms with van der Waals surface area (Å²) in [7, 11) is 0. The van der Waals surface area contributed by atoms with Gasteiger partial charge < -0.3 is 0 Å². The molecular formula is C18H38S. The fourth-order valence-corrected chi connectivity index (χ4v) is 3.34. The van der Waals surface area contributed by atoms with Crippen LogP contribution in [0.15, 0.2) is 0 Å². The standard InChI is InChI=1S/C18H38S/c1-17(2)13-9-5-7-11-15-19-16-12-8-6-10-14-18(3)4/h17-18H,5-16H2,1-4H3. The molecule has 0 aliphatic carbocycles. The largest absolute Gasteiger partial charge is 0.162 e. The molecule has 0 N–H and O–H groups in total. The summed E-state index contributed by atoms with van der Waals surface area (Å²) in [5.41, 5.74) is 0. The first-order valence-electron chi connectivity index (χ1n) is 8.70. The van der Waals surface area contributed by atoms with E-state index in [1.807, 2.05) is 0 Å². The van der Waals surface area contributed by atoms with Crippen LogP contribution in [-0.2, 0) is 0 Å². The third-order valence-corrected chi connectivity index (χ3v) is 4.79. The van der Waals surface area contributed by atoms with Crippen molar-refractivity contribution in [2.75, 3.05) is 11.5 Å². The lowest BCUT2D eigenvalue weighted by Crippen LogP contribution is -1.90. The minimum Gasteiger partial charge on any atom is -0.162 e. The third kappa shape index (κ3) is 18.4. The summed E-state index contributed by atoms with van der Waals surface area (Å²) in [5, 5.41) is 0. The minimum absolute atomic E-state index is 0.894. The van der Waals surface area contributed by atoms with Crippen molar-refractivity contribution in [2.24, 2.45) is 11.8 Å². The molecule has 0 aromatic heterocycles. The lowest BCUT2D eigenvalue weighted by atomic mass is 10.0. The summed E-state index contributed by atoms with van der Waals surface area (Å²) in [4.78, 5) is 0. The van der Waals surface area contributed by atoms with Crippen LogP contribution in [0.25, 0.3) is 0 Å². The Hall–Kier alpha value is 0.350. The Balaban J connectivity index is 2.95. The van der Waals surface area contributed by atoms with Crippen LogP contribution in [0.4, 0.5) is 0 Å². The van der Waals surface area contributed by atoms with Crippen molar-refractivity contribution >= 4 is 11.8 Å². The molecule has 0 radical (unpaired) electrons. The van der Waals surface area contributed by atoms with E-state index in [-0.39, 0.29) is 0 Å². The summed E-state index contributed by atoms with van der Waals surface area (Å²) in [6.07, 6.45) is 14.4. The molecular weight excluding hydrogens is 248 g/mol. The van der Waals surface area contributed by atoms with Gasteiger partial charge in [-0.2, -0.15) is 11.8 Å². The van der Waals surface area contributed by atoms with Crippen LogP contribution in [-0.4, -0.2) is 11.5 Å². The highest BCUT2D eigenvalue weighted by molar-refractivity contribution is 7.99. The fourth-order valence-electron chi connectivity index (χ4n) is 2.32. The smallest absolute Gasteiger partial charge is 0.00675 e. The molecule has 0 heterocycles. The number of rotatable bonds is 14. The maximum Gasteiger partial charge on any atom is -0.00675 e. The van der Waals surface area contributed by atoms with E-state index in [0.29, 0.717) is 0 Å². The molecule has 0 saturated heterocycles. The van der Waals surface area contributed by atoms with Gasteiger partial charge in [0.25, 0.3) is 0 Å². The second-order valence-corrected chi connectivity index (χ2v) is 8.03. The van der Waals surface area contributed by atoms with Crippen LogP contribution >= 0.6 is 11.8 Å². The van der Waals surface area contributed by atoms with E-state index in [9.17, 15) is 0 Å². The quantitative estimate of drug-likeness (QED) is 0.312. The van der Waals surface area contributed by atoms with E-state index < -0.39 is 0 Å². The number of thioether (sulfide) groups is 1. The molecule has 0 fully saturated rings. The predicted octanol–water partition coefficient (Wildman–Crippen LogP) is 6.93. The molecule has 0 amide bonds. The van der Waals surface area contributed by atoms with Gasteiger partial charge in [-0.25, -0.2) is 0 Å². The number of hydrogen-bond acceptors (Lipinski definition) is 1. The van der Waals surface area contributed by atoms with Crippen LogP contribution in [0.2, 0.25) is 0 Å². The Morgan fingerprint density at radius 1 is 0.526 bits per heavy atom. The van der Waals surface area contributed by atoms with E-state index in [2.05, 4.69) is 39.5 Å². The molecule has 0 atom stereocenters. The summed E-state index contributed by atoms with van der Waals surface area (Å²) < 4.78 is 0. The van der Waals surface area contributed by atoms with Crippen LogP contribution < -0.4 is 0 Å².